The summed E-state index contributed by atoms with van der Waals surface area (Å²) >= 11 is 0. The lowest BCUT2D eigenvalue weighted by molar-refractivity contribution is -0.116. The van der Waals surface area contributed by atoms with Gasteiger partial charge in [-0.15, -0.1) is 0 Å². The number of carbonyl (C=O) groups is 1. The van der Waals surface area contributed by atoms with Crippen LogP contribution in [0.1, 0.15) is 5.56 Å². The number of carbonyl (C=O) groups excluding carboxylic acids is 1. The second kappa shape index (κ2) is 11.3. The zero-order valence-electron chi connectivity index (χ0n) is 16.8. The normalized spacial score (nSPS) is 10.2. The van der Waals surface area contributed by atoms with E-state index in [0.29, 0.717) is 22.8 Å². The van der Waals surface area contributed by atoms with E-state index >= 15 is 0 Å². The van der Waals surface area contributed by atoms with Gasteiger partial charge in [0.1, 0.15) is 12.4 Å². The Morgan fingerprint density at radius 3 is 2.30 bits per heavy atom. The molecule has 0 aliphatic heterocycles. The van der Waals surface area contributed by atoms with Crippen molar-refractivity contribution in [3.05, 3.63) is 53.6 Å². The largest absolute Gasteiger partial charge is 0.493 e. The van der Waals surface area contributed by atoms with Gasteiger partial charge in [0.15, 0.2) is 23.1 Å². The smallest absolute Gasteiger partial charge is 0.244 e. The van der Waals surface area contributed by atoms with Gasteiger partial charge in [0.05, 0.1) is 27.9 Å². The van der Waals surface area contributed by atoms with Crippen molar-refractivity contribution in [2.45, 2.75) is 0 Å². The molecule has 8 heteroatoms. The highest BCUT2D eigenvalue weighted by molar-refractivity contribution is 5.92. The lowest BCUT2D eigenvalue weighted by atomic mass is 10.1. The minimum Gasteiger partial charge on any atom is -0.493 e. The fourth-order valence-electron chi connectivity index (χ4n) is 2.38. The molecular weight excluding hydrogens is 396 g/mol. The van der Waals surface area contributed by atoms with Gasteiger partial charge in [0, 0.05) is 12.1 Å². The number of halogens is 2. The summed E-state index contributed by atoms with van der Waals surface area (Å²) in [4.78, 5) is 11.9. The van der Waals surface area contributed by atoms with Crippen LogP contribution in [0.2, 0.25) is 0 Å². The zero-order valence-corrected chi connectivity index (χ0v) is 16.8. The predicted molar refractivity (Wildman–Crippen MR) is 108 cm³/mol. The molecule has 0 heterocycles. The second-order valence-electron chi connectivity index (χ2n) is 5.73. The highest BCUT2D eigenvalue weighted by Crippen LogP contribution is 2.38. The molecule has 0 atom stereocenters. The van der Waals surface area contributed by atoms with Crippen LogP contribution < -0.4 is 24.3 Å². The number of rotatable bonds is 8. The van der Waals surface area contributed by atoms with Crippen LogP contribution in [-0.4, -0.2) is 40.4 Å². The molecule has 0 saturated heterocycles. The molecular formula is C22H21F2NO5. The zero-order chi connectivity index (χ0) is 21.9. The molecule has 0 aliphatic rings. The van der Waals surface area contributed by atoms with Crippen molar-refractivity contribution in [1.82, 2.24) is 5.32 Å². The molecule has 30 heavy (non-hydrogen) atoms. The summed E-state index contributed by atoms with van der Waals surface area (Å²) in [6.45, 7) is -0.0204. The Hall–Kier alpha value is -3.73. The first-order valence-corrected chi connectivity index (χ1v) is 8.78. The van der Waals surface area contributed by atoms with Crippen LogP contribution in [0.15, 0.2) is 36.4 Å². The Labute approximate surface area is 173 Å². The number of hydrogen-bond donors (Lipinski definition) is 1. The van der Waals surface area contributed by atoms with E-state index in [1.54, 1.807) is 18.2 Å². The first kappa shape index (κ1) is 22.6. The lowest BCUT2D eigenvalue weighted by Gasteiger charge is -2.12. The summed E-state index contributed by atoms with van der Waals surface area (Å²) in [7, 11) is 4.51. The van der Waals surface area contributed by atoms with Gasteiger partial charge in [0.25, 0.3) is 0 Å². The maximum absolute atomic E-state index is 13.4. The number of methoxy groups -OCH3 is 3. The number of ether oxygens (including phenoxy) is 4. The molecule has 0 fully saturated rings. The standard InChI is InChI=1S/C22H21F2NO5/c1-27-19-12-15(13-20(28-2)22(19)29-3)6-9-21(26)25-10-4-5-11-30-18-8-7-16(23)14-17(18)24/h6-9,12-14H,10-11H2,1-3H3,(H,25,26)/b9-6+. The van der Waals surface area contributed by atoms with E-state index in [1.165, 1.54) is 33.5 Å². The van der Waals surface area contributed by atoms with Crippen molar-refractivity contribution in [3.63, 3.8) is 0 Å². The average molecular weight is 417 g/mol. The predicted octanol–water partition coefficient (Wildman–Crippen LogP) is 3.20. The Balaban J connectivity index is 1.85. The van der Waals surface area contributed by atoms with E-state index < -0.39 is 11.6 Å². The maximum atomic E-state index is 13.4. The topological polar surface area (TPSA) is 66.0 Å². The molecule has 0 aliphatic carbocycles. The third-order valence-electron chi connectivity index (χ3n) is 3.78. The quantitative estimate of drug-likeness (QED) is 0.528. The molecule has 2 rings (SSSR count). The molecule has 1 N–H and O–H groups in total. The van der Waals surface area contributed by atoms with Crippen LogP contribution in [0, 0.1) is 23.5 Å². The molecule has 0 bridgehead atoms. The summed E-state index contributed by atoms with van der Waals surface area (Å²) in [5.41, 5.74) is 0.681. The van der Waals surface area contributed by atoms with Gasteiger partial charge in [-0.1, -0.05) is 11.8 Å². The molecule has 2 aromatic rings. The third kappa shape index (κ3) is 6.41. The van der Waals surface area contributed by atoms with Crippen molar-refractivity contribution in [2.75, 3.05) is 34.5 Å². The van der Waals surface area contributed by atoms with Crippen molar-refractivity contribution in [3.8, 4) is 34.8 Å². The molecule has 0 spiro atoms. The van der Waals surface area contributed by atoms with Gasteiger partial charge in [-0.05, 0) is 35.9 Å². The van der Waals surface area contributed by atoms with Crippen molar-refractivity contribution >= 4 is 12.0 Å². The first-order valence-electron chi connectivity index (χ1n) is 8.78. The fourth-order valence-corrected chi connectivity index (χ4v) is 2.38. The summed E-state index contributed by atoms with van der Waals surface area (Å²) in [5, 5.41) is 2.58. The number of nitrogens with one attached hydrogen (secondary N) is 1. The highest BCUT2D eigenvalue weighted by Gasteiger charge is 2.12. The Kier molecular flexibility index (Phi) is 8.51. The monoisotopic (exact) mass is 417 g/mol. The van der Waals surface area contributed by atoms with Crippen LogP contribution >= 0.6 is 0 Å². The molecule has 1 amide bonds. The molecule has 0 saturated carbocycles. The minimum atomic E-state index is -0.804. The van der Waals surface area contributed by atoms with E-state index in [4.69, 9.17) is 18.9 Å². The number of hydrogen-bond acceptors (Lipinski definition) is 5. The maximum Gasteiger partial charge on any atom is 0.244 e. The van der Waals surface area contributed by atoms with Crippen LogP contribution in [0.5, 0.6) is 23.0 Å². The third-order valence-corrected chi connectivity index (χ3v) is 3.78. The SMILES string of the molecule is COc1cc(/C=C/C(=O)NCC#CCOc2ccc(F)cc2F)cc(OC)c1OC. The molecule has 0 aromatic heterocycles. The summed E-state index contributed by atoms with van der Waals surface area (Å²) < 4.78 is 47.1. The van der Waals surface area contributed by atoms with E-state index in [-0.39, 0.29) is 24.8 Å². The van der Waals surface area contributed by atoms with E-state index in [2.05, 4.69) is 17.2 Å². The number of benzene rings is 2. The van der Waals surface area contributed by atoms with Gasteiger partial charge in [-0.3, -0.25) is 4.79 Å². The Bertz CT molecular complexity index is 954. The van der Waals surface area contributed by atoms with Crippen LogP contribution in [0.3, 0.4) is 0 Å². The van der Waals surface area contributed by atoms with Crippen molar-refractivity contribution in [2.24, 2.45) is 0 Å². The van der Waals surface area contributed by atoms with Crippen molar-refractivity contribution in [1.29, 1.82) is 0 Å². The minimum absolute atomic E-state index is 0.0771. The van der Waals surface area contributed by atoms with Gasteiger partial charge in [-0.25, -0.2) is 8.78 Å². The van der Waals surface area contributed by atoms with Crippen LogP contribution in [-0.2, 0) is 4.79 Å². The molecule has 0 unspecified atom stereocenters. The first-order chi connectivity index (χ1) is 14.5. The van der Waals surface area contributed by atoms with Gasteiger partial charge >= 0.3 is 0 Å². The summed E-state index contributed by atoms with van der Waals surface area (Å²) in [6, 6.07) is 6.41. The highest BCUT2D eigenvalue weighted by atomic mass is 19.1. The van der Waals surface area contributed by atoms with Crippen LogP contribution in [0.4, 0.5) is 8.78 Å². The number of amides is 1. The summed E-state index contributed by atoms with van der Waals surface area (Å²) in [5.74, 6) is 4.76. The van der Waals surface area contributed by atoms with Gasteiger partial charge in [-0.2, -0.15) is 0 Å². The molecule has 158 valence electrons. The lowest BCUT2D eigenvalue weighted by Crippen LogP contribution is -2.21. The Morgan fingerprint density at radius 1 is 1.00 bits per heavy atom. The Morgan fingerprint density at radius 2 is 1.70 bits per heavy atom. The van der Waals surface area contributed by atoms with Crippen molar-refractivity contribution < 1.29 is 32.5 Å². The van der Waals surface area contributed by atoms with Crippen LogP contribution in [0.25, 0.3) is 6.08 Å². The van der Waals surface area contributed by atoms with E-state index in [9.17, 15) is 13.6 Å². The molecule has 6 nitrogen and oxygen atoms in total. The van der Waals surface area contributed by atoms with Gasteiger partial charge in [0.2, 0.25) is 11.7 Å². The summed E-state index contributed by atoms with van der Waals surface area (Å²) in [6.07, 6.45) is 2.93. The van der Waals surface area contributed by atoms with E-state index in [1.807, 2.05) is 0 Å². The molecule has 0 radical (unpaired) electrons. The van der Waals surface area contributed by atoms with Gasteiger partial charge < -0.3 is 24.3 Å². The fraction of sp³-hybridized carbons (Fsp3) is 0.227. The second-order valence-corrected chi connectivity index (χ2v) is 5.73. The average Bonchev–Trinajstić information content (AvgIpc) is 2.74. The van der Waals surface area contributed by atoms with E-state index in [0.717, 1.165) is 12.1 Å². The molecule has 2 aromatic carbocycles.